The van der Waals surface area contributed by atoms with Crippen LogP contribution in [0.2, 0.25) is 5.02 Å². The van der Waals surface area contributed by atoms with E-state index in [9.17, 15) is 0 Å². The third-order valence-electron chi connectivity index (χ3n) is 3.16. The topological polar surface area (TPSA) is 12.0 Å². The molecule has 0 aliphatic carbocycles. The van der Waals surface area contributed by atoms with Crippen molar-refractivity contribution in [2.24, 2.45) is 5.92 Å². The second kappa shape index (κ2) is 7.27. The highest BCUT2D eigenvalue weighted by Gasteiger charge is 2.11. The predicted molar refractivity (Wildman–Crippen MR) is 80.9 cm³/mol. The Kier molecular flexibility index (Phi) is 6.35. The van der Waals surface area contributed by atoms with Crippen LogP contribution in [0.5, 0.6) is 0 Å². The van der Waals surface area contributed by atoms with E-state index in [-0.39, 0.29) is 0 Å². The lowest BCUT2D eigenvalue weighted by Gasteiger charge is -2.22. The van der Waals surface area contributed by atoms with Crippen LogP contribution in [0.3, 0.4) is 0 Å². The van der Waals surface area contributed by atoms with Crippen molar-refractivity contribution in [1.29, 1.82) is 0 Å². The van der Waals surface area contributed by atoms with Gasteiger partial charge >= 0.3 is 0 Å². The summed E-state index contributed by atoms with van der Waals surface area (Å²) in [5.74, 6) is 0.748. The SMILES string of the molecule is CCC(C)CC(CC)Nc1cc(Br)ccc1Cl. The van der Waals surface area contributed by atoms with Crippen molar-refractivity contribution in [3.05, 3.63) is 27.7 Å². The van der Waals surface area contributed by atoms with Gasteiger partial charge in [0.15, 0.2) is 0 Å². The molecule has 0 fully saturated rings. The van der Waals surface area contributed by atoms with Gasteiger partial charge in [-0.1, -0.05) is 54.7 Å². The van der Waals surface area contributed by atoms with Crippen LogP contribution in [0.1, 0.15) is 40.0 Å². The number of hydrogen-bond acceptors (Lipinski definition) is 1. The quantitative estimate of drug-likeness (QED) is 0.706. The molecule has 3 heteroatoms. The number of nitrogens with one attached hydrogen (secondary N) is 1. The van der Waals surface area contributed by atoms with Crippen LogP contribution >= 0.6 is 27.5 Å². The lowest BCUT2D eigenvalue weighted by atomic mass is 9.97. The first kappa shape index (κ1) is 14.8. The van der Waals surface area contributed by atoms with Crippen LogP contribution in [-0.2, 0) is 0 Å². The van der Waals surface area contributed by atoms with E-state index in [1.807, 2.05) is 18.2 Å². The molecule has 1 aromatic rings. The summed E-state index contributed by atoms with van der Waals surface area (Å²) in [4.78, 5) is 0. The molecule has 1 nitrogen and oxygen atoms in total. The fraction of sp³-hybridized carbons (Fsp3) is 0.571. The van der Waals surface area contributed by atoms with E-state index in [0.29, 0.717) is 6.04 Å². The highest BCUT2D eigenvalue weighted by atomic mass is 79.9. The Morgan fingerprint density at radius 3 is 2.59 bits per heavy atom. The minimum atomic E-state index is 0.497. The molecule has 0 bridgehead atoms. The first-order valence-corrected chi connectivity index (χ1v) is 7.45. The molecule has 1 N–H and O–H groups in total. The summed E-state index contributed by atoms with van der Waals surface area (Å²) in [5.41, 5.74) is 1.02. The molecule has 2 atom stereocenters. The normalized spacial score (nSPS) is 14.4. The summed E-state index contributed by atoms with van der Waals surface area (Å²) in [6, 6.07) is 6.42. The maximum absolute atomic E-state index is 6.18. The average Bonchev–Trinajstić information content (AvgIpc) is 2.32. The summed E-state index contributed by atoms with van der Waals surface area (Å²) in [6.45, 7) is 6.75. The molecule has 0 aliphatic rings. The zero-order valence-corrected chi connectivity index (χ0v) is 13.1. The number of rotatable bonds is 6. The molecule has 0 aliphatic heterocycles. The molecular weight excluding hydrogens is 298 g/mol. The zero-order chi connectivity index (χ0) is 12.8. The second-order valence-electron chi connectivity index (χ2n) is 4.62. The Morgan fingerprint density at radius 1 is 1.29 bits per heavy atom. The van der Waals surface area contributed by atoms with Crippen LogP contribution in [0.4, 0.5) is 5.69 Å². The lowest BCUT2D eigenvalue weighted by Crippen LogP contribution is -2.21. The highest BCUT2D eigenvalue weighted by molar-refractivity contribution is 9.10. The summed E-state index contributed by atoms with van der Waals surface area (Å²) >= 11 is 9.66. The van der Waals surface area contributed by atoms with Gasteiger partial charge in [0.2, 0.25) is 0 Å². The smallest absolute Gasteiger partial charge is 0.0638 e. The Balaban J connectivity index is 2.69. The molecule has 0 spiro atoms. The third kappa shape index (κ3) is 4.89. The van der Waals surface area contributed by atoms with Crippen molar-refractivity contribution >= 4 is 33.2 Å². The first-order chi connectivity index (χ1) is 8.06. The average molecular weight is 319 g/mol. The highest BCUT2D eigenvalue weighted by Crippen LogP contribution is 2.27. The standard InChI is InChI=1S/C14H21BrClN/c1-4-10(3)8-12(5-2)17-14-9-11(15)6-7-13(14)16/h6-7,9-10,12,17H,4-5,8H2,1-3H3. The molecule has 96 valence electrons. The van der Waals surface area contributed by atoms with Gasteiger partial charge in [-0.15, -0.1) is 0 Å². The summed E-state index contributed by atoms with van der Waals surface area (Å²) in [7, 11) is 0. The van der Waals surface area contributed by atoms with Crippen molar-refractivity contribution in [3.63, 3.8) is 0 Å². The molecule has 0 saturated heterocycles. The van der Waals surface area contributed by atoms with E-state index < -0.39 is 0 Å². The molecule has 1 rings (SSSR count). The van der Waals surface area contributed by atoms with E-state index in [4.69, 9.17) is 11.6 Å². The van der Waals surface area contributed by atoms with Crippen LogP contribution in [-0.4, -0.2) is 6.04 Å². The first-order valence-electron chi connectivity index (χ1n) is 6.28. The maximum atomic E-state index is 6.18. The molecule has 0 amide bonds. The Bertz CT molecular complexity index is 354. The molecular formula is C14H21BrClN. The van der Waals surface area contributed by atoms with Crippen molar-refractivity contribution < 1.29 is 0 Å². The van der Waals surface area contributed by atoms with Crippen molar-refractivity contribution in [1.82, 2.24) is 0 Å². The number of benzene rings is 1. The fourth-order valence-corrected chi connectivity index (χ4v) is 2.34. The monoisotopic (exact) mass is 317 g/mol. The molecule has 1 aromatic carbocycles. The van der Waals surface area contributed by atoms with Crippen LogP contribution < -0.4 is 5.32 Å². The van der Waals surface area contributed by atoms with Gasteiger partial charge in [-0.25, -0.2) is 0 Å². The van der Waals surface area contributed by atoms with Gasteiger partial charge in [-0.05, 0) is 37.0 Å². The van der Waals surface area contributed by atoms with Crippen LogP contribution in [0, 0.1) is 5.92 Å². The van der Waals surface area contributed by atoms with Gasteiger partial charge in [0.25, 0.3) is 0 Å². The number of hydrogen-bond donors (Lipinski definition) is 1. The number of halogens is 2. The van der Waals surface area contributed by atoms with E-state index in [1.54, 1.807) is 0 Å². The second-order valence-corrected chi connectivity index (χ2v) is 5.95. The lowest BCUT2D eigenvalue weighted by molar-refractivity contribution is 0.462. The van der Waals surface area contributed by atoms with E-state index in [2.05, 4.69) is 42.0 Å². The molecule has 0 heterocycles. The summed E-state index contributed by atoms with van der Waals surface area (Å²) in [6.07, 6.45) is 3.54. The van der Waals surface area contributed by atoms with Crippen LogP contribution in [0.25, 0.3) is 0 Å². The van der Waals surface area contributed by atoms with Gasteiger partial charge in [0.05, 0.1) is 10.7 Å². The predicted octanol–water partition coefficient (Wildman–Crippen LogP) is 5.73. The molecule has 0 aromatic heterocycles. The van der Waals surface area contributed by atoms with E-state index >= 15 is 0 Å². The van der Waals surface area contributed by atoms with Gasteiger partial charge < -0.3 is 5.32 Å². The van der Waals surface area contributed by atoms with Gasteiger partial charge in [-0.3, -0.25) is 0 Å². The maximum Gasteiger partial charge on any atom is 0.0638 e. The molecule has 0 saturated carbocycles. The summed E-state index contributed by atoms with van der Waals surface area (Å²) < 4.78 is 1.06. The zero-order valence-electron chi connectivity index (χ0n) is 10.8. The third-order valence-corrected chi connectivity index (χ3v) is 3.99. The van der Waals surface area contributed by atoms with Crippen LogP contribution in [0.15, 0.2) is 22.7 Å². The minimum Gasteiger partial charge on any atom is -0.381 e. The van der Waals surface area contributed by atoms with Crippen molar-refractivity contribution in [3.8, 4) is 0 Å². The Labute approximate surface area is 118 Å². The molecule has 2 unspecified atom stereocenters. The largest absolute Gasteiger partial charge is 0.381 e. The van der Waals surface area contributed by atoms with Gasteiger partial charge in [0.1, 0.15) is 0 Å². The Morgan fingerprint density at radius 2 is 2.00 bits per heavy atom. The summed E-state index contributed by atoms with van der Waals surface area (Å²) in [5, 5.41) is 4.33. The molecule has 17 heavy (non-hydrogen) atoms. The van der Waals surface area contributed by atoms with E-state index in [1.165, 1.54) is 12.8 Å². The van der Waals surface area contributed by atoms with Crippen molar-refractivity contribution in [2.45, 2.75) is 46.1 Å². The van der Waals surface area contributed by atoms with Gasteiger partial charge in [0, 0.05) is 10.5 Å². The number of anilines is 1. The molecule has 0 radical (unpaired) electrons. The minimum absolute atomic E-state index is 0.497. The Hall–Kier alpha value is -0.210. The van der Waals surface area contributed by atoms with Gasteiger partial charge in [-0.2, -0.15) is 0 Å². The van der Waals surface area contributed by atoms with E-state index in [0.717, 1.165) is 27.5 Å². The fourth-order valence-electron chi connectivity index (χ4n) is 1.81. The van der Waals surface area contributed by atoms with Crippen molar-refractivity contribution in [2.75, 3.05) is 5.32 Å².